The Morgan fingerprint density at radius 3 is 2.58 bits per heavy atom. The van der Waals surface area contributed by atoms with Gasteiger partial charge in [-0.15, -0.1) is 0 Å². The molecule has 3 rings (SSSR count). The molecule has 0 bridgehead atoms. The van der Waals surface area contributed by atoms with Gasteiger partial charge in [0.05, 0.1) is 18.9 Å². The van der Waals surface area contributed by atoms with Crippen LogP contribution in [0.3, 0.4) is 0 Å². The van der Waals surface area contributed by atoms with Crippen molar-refractivity contribution in [2.75, 3.05) is 7.11 Å². The van der Waals surface area contributed by atoms with E-state index in [1.165, 1.54) is 23.0 Å². The maximum absolute atomic E-state index is 12.6. The summed E-state index contributed by atoms with van der Waals surface area (Å²) in [4.78, 5) is 0. The SMILES string of the molecule is COc1cccc(-c2n[nH]c(=S)n2N=Cc2ccc(C(F)(F)F)cc2)c1. The zero-order valence-corrected chi connectivity index (χ0v) is 14.3. The lowest BCUT2D eigenvalue weighted by Crippen LogP contribution is -2.04. The van der Waals surface area contributed by atoms with Crippen LogP contribution in [0.1, 0.15) is 11.1 Å². The molecule has 0 saturated heterocycles. The monoisotopic (exact) mass is 378 g/mol. The maximum Gasteiger partial charge on any atom is 0.416 e. The van der Waals surface area contributed by atoms with Crippen LogP contribution in [0, 0.1) is 4.77 Å². The van der Waals surface area contributed by atoms with Gasteiger partial charge in [-0.1, -0.05) is 24.3 Å². The first-order chi connectivity index (χ1) is 12.4. The van der Waals surface area contributed by atoms with Crippen molar-refractivity contribution in [1.29, 1.82) is 0 Å². The number of aromatic nitrogens is 3. The van der Waals surface area contributed by atoms with Crippen LogP contribution in [-0.4, -0.2) is 28.2 Å². The van der Waals surface area contributed by atoms with Crippen LogP contribution in [0.15, 0.2) is 53.6 Å². The normalized spacial score (nSPS) is 11.8. The number of methoxy groups -OCH3 is 1. The highest BCUT2D eigenvalue weighted by molar-refractivity contribution is 7.71. The van der Waals surface area contributed by atoms with E-state index < -0.39 is 11.7 Å². The smallest absolute Gasteiger partial charge is 0.416 e. The molecule has 0 radical (unpaired) electrons. The lowest BCUT2D eigenvalue weighted by molar-refractivity contribution is -0.137. The van der Waals surface area contributed by atoms with E-state index in [-0.39, 0.29) is 4.77 Å². The molecule has 0 atom stereocenters. The highest BCUT2D eigenvalue weighted by atomic mass is 32.1. The van der Waals surface area contributed by atoms with Gasteiger partial charge >= 0.3 is 6.18 Å². The van der Waals surface area contributed by atoms with E-state index in [4.69, 9.17) is 17.0 Å². The van der Waals surface area contributed by atoms with Crippen LogP contribution in [0.5, 0.6) is 5.75 Å². The van der Waals surface area contributed by atoms with Crippen molar-refractivity contribution in [3.63, 3.8) is 0 Å². The van der Waals surface area contributed by atoms with E-state index in [1.54, 1.807) is 25.3 Å². The second kappa shape index (κ2) is 7.12. The van der Waals surface area contributed by atoms with Crippen molar-refractivity contribution in [3.05, 3.63) is 64.4 Å². The second-order valence-corrected chi connectivity index (χ2v) is 5.65. The van der Waals surface area contributed by atoms with E-state index >= 15 is 0 Å². The molecule has 0 unspecified atom stereocenters. The lowest BCUT2D eigenvalue weighted by atomic mass is 10.1. The van der Waals surface area contributed by atoms with Gasteiger partial charge in [0, 0.05) is 5.56 Å². The second-order valence-electron chi connectivity index (χ2n) is 5.26. The van der Waals surface area contributed by atoms with Crippen LogP contribution < -0.4 is 4.74 Å². The topological polar surface area (TPSA) is 55.2 Å². The van der Waals surface area contributed by atoms with Gasteiger partial charge < -0.3 is 4.74 Å². The Morgan fingerprint density at radius 2 is 1.92 bits per heavy atom. The number of nitrogens with zero attached hydrogens (tertiary/aromatic N) is 3. The van der Waals surface area contributed by atoms with Crippen molar-refractivity contribution in [2.24, 2.45) is 5.10 Å². The summed E-state index contributed by atoms with van der Waals surface area (Å²) in [6.07, 6.45) is -2.96. The summed E-state index contributed by atoms with van der Waals surface area (Å²) in [5.74, 6) is 1.10. The molecular weight excluding hydrogens is 365 g/mol. The maximum atomic E-state index is 12.6. The van der Waals surface area contributed by atoms with Crippen LogP contribution in [0.2, 0.25) is 0 Å². The number of halogens is 3. The molecule has 0 aliphatic heterocycles. The first-order valence-electron chi connectivity index (χ1n) is 7.42. The Kier molecular flexibility index (Phi) is 4.90. The third-order valence-corrected chi connectivity index (χ3v) is 3.80. The number of benzene rings is 2. The molecule has 9 heteroatoms. The Morgan fingerprint density at radius 1 is 1.19 bits per heavy atom. The standard InChI is InChI=1S/C17H13F3N4OS/c1-25-14-4-2-3-12(9-14)15-22-23-16(26)24(15)21-10-11-5-7-13(8-6-11)17(18,19)20/h2-10H,1H3,(H,23,26). The molecule has 0 amide bonds. The molecule has 3 aromatic rings. The number of nitrogens with one attached hydrogen (secondary N) is 1. The van der Waals surface area contributed by atoms with Crippen molar-refractivity contribution in [2.45, 2.75) is 6.18 Å². The first-order valence-corrected chi connectivity index (χ1v) is 7.83. The fourth-order valence-corrected chi connectivity index (χ4v) is 2.41. The Balaban J connectivity index is 1.92. The van der Waals surface area contributed by atoms with Crippen LogP contribution in [0.25, 0.3) is 11.4 Å². The summed E-state index contributed by atoms with van der Waals surface area (Å²) in [5, 5.41) is 11.0. The number of hydrogen-bond donors (Lipinski definition) is 1. The highest BCUT2D eigenvalue weighted by Gasteiger charge is 2.29. The summed E-state index contributed by atoms with van der Waals surface area (Å²) in [6, 6.07) is 11.9. The Bertz CT molecular complexity index is 990. The molecule has 1 N–H and O–H groups in total. The van der Waals surface area contributed by atoms with Crippen molar-refractivity contribution < 1.29 is 17.9 Å². The van der Waals surface area contributed by atoms with E-state index in [0.29, 0.717) is 17.1 Å². The number of aromatic amines is 1. The van der Waals surface area contributed by atoms with Gasteiger partial charge in [0.1, 0.15) is 5.75 Å². The molecule has 5 nitrogen and oxygen atoms in total. The first kappa shape index (κ1) is 17.9. The molecule has 0 saturated carbocycles. The Hall–Kier alpha value is -2.94. The van der Waals surface area contributed by atoms with Crippen molar-refractivity contribution in [1.82, 2.24) is 14.9 Å². The fourth-order valence-electron chi connectivity index (χ4n) is 2.23. The van der Waals surface area contributed by atoms with Gasteiger partial charge in [-0.05, 0) is 42.0 Å². The molecule has 1 heterocycles. The number of ether oxygens (including phenoxy) is 1. The summed E-state index contributed by atoms with van der Waals surface area (Å²) in [5.41, 5.74) is 0.505. The zero-order valence-electron chi connectivity index (χ0n) is 13.5. The third-order valence-electron chi connectivity index (χ3n) is 3.54. The van der Waals surface area contributed by atoms with Crippen LogP contribution >= 0.6 is 12.2 Å². The van der Waals surface area contributed by atoms with Gasteiger partial charge in [-0.2, -0.15) is 28.0 Å². The van der Waals surface area contributed by atoms with Gasteiger partial charge in [-0.3, -0.25) is 0 Å². The predicted molar refractivity (Wildman–Crippen MR) is 93.8 cm³/mol. The lowest BCUT2D eigenvalue weighted by Gasteiger charge is -2.06. The zero-order chi connectivity index (χ0) is 18.7. The summed E-state index contributed by atoms with van der Waals surface area (Å²) >= 11 is 5.17. The molecule has 26 heavy (non-hydrogen) atoms. The van der Waals surface area contributed by atoms with Gasteiger partial charge in [-0.25, -0.2) is 5.10 Å². The van der Waals surface area contributed by atoms with Gasteiger partial charge in [0.25, 0.3) is 0 Å². The summed E-state index contributed by atoms with van der Waals surface area (Å²) in [6.45, 7) is 0. The number of alkyl halides is 3. The number of rotatable bonds is 4. The van der Waals surface area contributed by atoms with E-state index in [9.17, 15) is 13.2 Å². The number of H-pyrrole nitrogens is 1. The molecule has 0 fully saturated rings. The van der Waals surface area contributed by atoms with Gasteiger partial charge in [0.2, 0.25) is 4.77 Å². The fraction of sp³-hybridized carbons (Fsp3) is 0.118. The van der Waals surface area contributed by atoms with E-state index in [1.807, 2.05) is 6.07 Å². The summed E-state index contributed by atoms with van der Waals surface area (Å²) in [7, 11) is 1.55. The molecule has 1 aromatic heterocycles. The molecule has 2 aromatic carbocycles. The van der Waals surface area contributed by atoms with Crippen LogP contribution in [-0.2, 0) is 6.18 Å². The largest absolute Gasteiger partial charge is 0.497 e. The minimum Gasteiger partial charge on any atom is -0.497 e. The molecule has 0 spiro atoms. The predicted octanol–water partition coefficient (Wildman–Crippen LogP) is 4.52. The van der Waals surface area contributed by atoms with E-state index in [0.717, 1.165) is 17.7 Å². The minimum absolute atomic E-state index is 0.256. The quantitative estimate of drug-likeness (QED) is 0.537. The van der Waals surface area contributed by atoms with E-state index in [2.05, 4.69) is 15.3 Å². The van der Waals surface area contributed by atoms with Crippen molar-refractivity contribution in [3.8, 4) is 17.1 Å². The van der Waals surface area contributed by atoms with Gasteiger partial charge in [0.15, 0.2) is 5.82 Å². The molecular formula is C17H13F3N4OS. The molecule has 134 valence electrons. The van der Waals surface area contributed by atoms with Crippen LogP contribution in [0.4, 0.5) is 13.2 Å². The molecule has 0 aliphatic carbocycles. The number of hydrogen-bond acceptors (Lipinski definition) is 4. The average molecular weight is 378 g/mol. The average Bonchev–Trinajstić information content (AvgIpc) is 3.00. The molecule has 0 aliphatic rings. The summed E-state index contributed by atoms with van der Waals surface area (Å²) < 4.78 is 44.7. The Labute approximate surface area is 151 Å². The minimum atomic E-state index is -4.37. The third kappa shape index (κ3) is 3.83. The highest BCUT2D eigenvalue weighted by Crippen LogP contribution is 2.29. The van der Waals surface area contributed by atoms with Crippen molar-refractivity contribution >= 4 is 18.4 Å².